The van der Waals surface area contributed by atoms with Gasteiger partial charge in [-0.1, -0.05) is 33.7 Å². The first-order chi connectivity index (χ1) is 16.8. The maximum Gasteiger partial charge on any atom is 0.229 e. The van der Waals surface area contributed by atoms with E-state index in [0.717, 1.165) is 34.1 Å². The second-order valence-corrected chi connectivity index (χ2v) is 12.0. The highest BCUT2D eigenvalue weighted by Gasteiger charge is 2.43. The van der Waals surface area contributed by atoms with Crippen molar-refractivity contribution in [1.82, 2.24) is 0 Å². The van der Waals surface area contributed by atoms with Crippen molar-refractivity contribution in [3.8, 4) is 0 Å². The summed E-state index contributed by atoms with van der Waals surface area (Å²) in [5, 5.41) is 21.7. The van der Waals surface area contributed by atoms with Crippen LogP contribution in [0.3, 0.4) is 0 Å². The van der Waals surface area contributed by atoms with Crippen molar-refractivity contribution >= 4 is 56.3 Å². The molecule has 0 bridgehead atoms. The van der Waals surface area contributed by atoms with E-state index in [1.54, 1.807) is 21.6 Å². The molecule has 2 aromatic rings. The first-order valence-corrected chi connectivity index (χ1v) is 14.4. The molecule has 2 heterocycles. The molecule has 2 aliphatic rings. The molecule has 4 rings (SSSR count). The highest BCUT2D eigenvalue weighted by Crippen LogP contribution is 2.41. The molecule has 0 radical (unpaired) electrons. The lowest BCUT2D eigenvalue weighted by Gasteiger charge is -2.22. The molecule has 6 nitrogen and oxygen atoms in total. The van der Waals surface area contributed by atoms with E-state index >= 15 is 0 Å². The number of rotatable bonds is 9. The molecule has 3 N–H and O–H groups in total. The Labute approximate surface area is 215 Å². The van der Waals surface area contributed by atoms with Crippen LogP contribution in [0, 0.1) is 5.92 Å². The zero-order chi connectivity index (χ0) is 25.0. The van der Waals surface area contributed by atoms with Crippen molar-refractivity contribution in [3.05, 3.63) is 59.7 Å². The standard InChI is InChI=1S/C27H33N3O3S2/c1-27(2)23-16-21(28-26(33)20-17-34-35-18-20)7-10-24(23)29(3)25(27)11-6-19-4-8-22(9-5-19)30(12-14-31)13-15-32/h4-11,16,20,31-32H,12-15,17-18H2,1-3H3/p+1. The average Bonchev–Trinajstić information content (AvgIpc) is 3.45. The molecule has 1 amide bonds. The largest absolute Gasteiger partial charge is 0.395 e. The van der Waals surface area contributed by atoms with Crippen LogP contribution in [0.15, 0.2) is 48.5 Å². The number of aliphatic hydroxyl groups excluding tert-OH is 2. The number of fused-ring (bicyclic) bond motifs is 1. The number of aliphatic hydroxyl groups is 2. The number of nitrogens with zero attached hydrogens (tertiary/aromatic N) is 2. The van der Waals surface area contributed by atoms with Crippen LogP contribution in [0.25, 0.3) is 6.08 Å². The minimum Gasteiger partial charge on any atom is -0.395 e. The summed E-state index contributed by atoms with van der Waals surface area (Å²) in [6.07, 6.45) is 4.28. The maximum atomic E-state index is 12.6. The number of nitrogens with one attached hydrogen (secondary N) is 1. The van der Waals surface area contributed by atoms with E-state index in [0.29, 0.717) is 13.1 Å². The Hall–Kier alpha value is -2.26. The van der Waals surface area contributed by atoms with Gasteiger partial charge in [-0.25, -0.2) is 0 Å². The summed E-state index contributed by atoms with van der Waals surface area (Å²) < 4.78 is 2.22. The third kappa shape index (κ3) is 5.61. The highest BCUT2D eigenvalue weighted by molar-refractivity contribution is 8.77. The topological polar surface area (TPSA) is 75.8 Å². The van der Waals surface area contributed by atoms with Crippen molar-refractivity contribution in [3.63, 3.8) is 0 Å². The van der Waals surface area contributed by atoms with Crippen LogP contribution in [0.5, 0.6) is 0 Å². The van der Waals surface area contributed by atoms with Crippen molar-refractivity contribution in [2.45, 2.75) is 19.3 Å². The van der Waals surface area contributed by atoms with Crippen molar-refractivity contribution in [2.75, 3.05) is 55.1 Å². The number of hydrogen-bond donors (Lipinski definition) is 3. The van der Waals surface area contributed by atoms with E-state index in [1.165, 1.54) is 11.3 Å². The summed E-state index contributed by atoms with van der Waals surface area (Å²) in [5.74, 6) is 1.93. The first kappa shape index (κ1) is 25.8. The summed E-state index contributed by atoms with van der Waals surface area (Å²) in [7, 11) is 5.62. The molecule has 35 heavy (non-hydrogen) atoms. The Morgan fingerprint density at radius 1 is 1.09 bits per heavy atom. The number of carbonyl (C=O) groups is 1. The molecule has 0 saturated carbocycles. The van der Waals surface area contributed by atoms with E-state index in [1.807, 2.05) is 23.1 Å². The average molecular weight is 513 g/mol. The second kappa shape index (κ2) is 11.2. The molecular formula is C27H34N3O3S2+. The Bertz CT molecular complexity index is 1120. The van der Waals surface area contributed by atoms with Crippen LogP contribution < -0.4 is 10.2 Å². The summed E-state index contributed by atoms with van der Waals surface area (Å²) in [6, 6.07) is 14.3. The fourth-order valence-corrected chi connectivity index (χ4v) is 7.47. The lowest BCUT2D eigenvalue weighted by atomic mass is 9.81. The van der Waals surface area contributed by atoms with E-state index in [-0.39, 0.29) is 30.5 Å². The lowest BCUT2D eigenvalue weighted by Crippen LogP contribution is -2.29. The van der Waals surface area contributed by atoms with Crippen molar-refractivity contribution < 1.29 is 19.6 Å². The Morgan fingerprint density at radius 2 is 1.74 bits per heavy atom. The SMILES string of the molecule is C[N+]1=C(/C=C/c2ccc(N(CCO)CCO)cc2)C(C)(C)c2cc(NC(=O)C3CSSC3)ccc21. The van der Waals surface area contributed by atoms with Crippen LogP contribution in [0.1, 0.15) is 25.0 Å². The fourth-order valence-electron chi connectivity index (χ4n) is 4.70. The summed E-state index contributed by atoms with van der Waals surface area (Å²) in [4.78, 5) is 14.6. The summed E-state index contributed by atoms with van der Waals surface area (Å²) in [6.45, 7) is 5.52. The molecular weight excluding hydrogens is 478 g/mol. The molecule has 0 spiro atoms. The quantitative estimate of drug-likeness (QED) is 0.346. The van der Waals surface area contributed by atoms with Gasteiger partial charge in [0.1, 0.15) is 7.05 Å². The number of carbonyl (C=O) groups excluding carboxylic acids is 1. The van der Waals surface area contributed by atoms with Gasteiger partial charge < -0.3 is 20.4 Å². The molecule has 2 aliphatic heterocycles. The zero-order valence-electron chi connectivity index (χ0n) is 20.5. The molecule has 0 aliphatic carbocycles. The van der Waals surface area contributed by atoms with Crippen LogP contribution in [0.4, 0.5) is 17.1 Å². The second-order valence-electron chi connectivity index (χ2n) is 9.42. The van der Waals surface area contributed by atoms with Gasteiger partial charge in [-0.15, -0.1) is 0 Å². The number of amides is 1. The van der Waals surface area contributed by atoms with Crippen LogP contribution in [-0.4, -0.2) is 71.3 Å². The summed E-state index contributed by atoms with van der Waals surface area (Å²) in [5.41, 5.74) is 6.24. The third-order valence-electron chi connectivity index (χ3n) is 6.72. The highest BCUT2D eigenvalue weighted by atomic mass is 33.1. The molecule has 186 valence electrons. The van der Waals surface area contributed by atoms with Gasteiger partial charge in [0.25, 0.3) is 0 Å². The Kier molecular flexibility index (Phi) is 8.27. The van der Waals surface area contributed by atoms with Gasteiger partial charge in [-0.2, -0.15) is 4.58 Å². The van der Waals surface area contributed by atoms with Gasteiger partial charge in [0, 0.05) is 53.7 Å². The van der Waals surface area contributed by atoms with Gasteiger partial charge in [-0.3, -0.25) is 4.79 Å². The number of benzene rings is 2. The third-order valence-corrected chi connectivity index (χ3v) is 9.28. The van der Waals surface area contributed by atoms with Crippen molar-refractivity contribution in [2.24, 2.45) is 5.92 Å². The molecule has 8 heteroatoms. The number of anilines is 2. The fraction of sp³-hybridized carbons (Fsp3) is 0.407. The molecule has 2 aromatic carbocycles. The van der Waals surface area contributed by atoms with Gasteiger partial charge in [0.05, 0.1) is 24.5 Å². The van der Waals surface area contributed by atoms with Crippen LogP contribution in [-0.2, 0) is 10.2 Å². The van der Waals surface area contributed by atoms with E-state index in [2.05, 4.69) is 67.2 Å². The Balaban J connectivity index is 1.50. The minimum absolute atomic E-state index is 0.0477. The predicted molar refractivity (Wildman–Crippen MR) is 149 cm³/mol. The number of allylic oxidation sites excluding steroid dienone is 1. The minimum atomic E-state index is -0.209. The van der Waals surface area contributed by atoms with Crippen LogP contribution in [0.2, 0.25) is 0 Å². The predicted octanol–water partition coefficient (Wildman–Crippen LogP) is 4.15. The van der Waals surface area contributed by atoms with E-state index in [9.17, 15) is 15.0 Å². The van der Waals surface area contributed by atoms with E-state index in [4.69, 9.17) is 0 Å². The molecule has 1 fully saturated rings. The zero-order valence-corrected chi connectivity index (χ0v) is 22.2. The maximum absolute atomic E-state index is 12.6. The lowest BCUT2D eigenvalue weighted by molar-refractivity contribution is -0.401. The monoisotopic (exact) mass is 512 g/mol. The first-order valence-electron chi connectivity index (χ1n) is 11.9. The summed E-state index contributed by atoms with van der Waals surface area (Å²) >= 11 is 0. The van der Waals surface area contributed by atoms with Gasteiger partial charge >= 0.3 is 0 Å². The van der Waals surface area contributed by atoms with Gasteiger partial charge in [-0.05, 0) is 49.8 Å². The number of hydrogen-bond acceptors (Lipinski definition) is 6. The van der Waals surface area contributed by atoms with Gasteiger partial charge in [0.2, 0.25) is 11.6 Å². The molecule has 0 atom stereocenters. The smallest absolute Gasteiger partial charge is 0.229 e. The Morgan fingerprint density at radius 3 is 2.37 bits per heavy atom. The normalized spacial score (nSPS) is 17.3. The van der Waals surface area contributed by atoms with Gasteiger partial charge in [0.15, 0.2) is 5.71 Å². The molecule has 0 aromatic heterocycles. The van der Waals surface area contributed by atoms with Crippen molar-refractivity contribution in [1.29, 1.82) is 0 Å². The van der Waals surface area contributed by atoms with E-state index < -0.39 is 0 Å². The molecule has 0 unspecified atom stereocenters. The van der Waals surface area contributed by atoms with Crippen LogP contribution >= 0.6 is 21.6 Å². The molecule has 1 saturated heterocycles.